The molecule has 194 valence electrons. The molecule has 0 saturated heterocycles. The summed E-state index contributed by atoms with van der Waals surface area (Å²) in [5, 5.41) is 25.3. The number of carbonyl (C=O) groups is 5. The summed E-state index contributed by atoms with van der Waals surface area (Å²) in [5.74, 6) is -4.20. The Morgan fingerprint density at radius 2 is 1.53 bits per heavy atom. The van der Waals surface area contributed by atoms with Crippen LogP contribution < -0.4 is 33.2 Å². The van der Waals surface area contributed by atoms with Crippen LogP contribution in [0.5, 0.6) is 0 Å². The number of nitrogens with two attached hydrogens (primary N) is 3. The number of nitrogens with zero attached hydrogens (tertiary/aromatic N) is 1. The highest BCUT2D eigenvalue weighted by Gasteiger charge is 2.28. The van der Waals surface area contributed by atoms with Gasteiger partial charge in [-0.15, -0.1) is 0 Å². The van der Waals surface area contributed by atoms with Gasteiger partial charge in [-0.05, 0) is 44.6 Å². The third kappa shape index (κ3) is 13.5. The lowest BCUT2D eigenvalue weighted by molar-refractivity contribution is -0.142. The maximum absolute atomic E-state index is 12.7. The van der Waals surface area contributed by atoms with Crippen LogP contribution in [-0.4, -0.2) is 88.6 Å². The van der Waals surface area contributed by atoms with Crippen LogP contribution in [-0.2, 0) is 24.0 Å². The Hall–Kier alpha value is -3.07. The molecule has 0 aliphatic rings. The molecule has 0 heterocycles. The third-order valence-electron chi connectivity index (χ3n) is 4.56. The summed E-state index contributed by atoms with van der Waals surface area (Å²) in [7, 11) is 0. The Kier molecular flexibility index (Phi) is 15.0. The molecule has 0 aliphatic heterocycles. The molecular weight excluding hydrogens is 470 g/mol. The molecule has 0 bridgehead atoms. The van der Waals surface area contributed by atoms with Crippen LogP contribution in [0.25, 0.3) is 0 Å². The quantitative estimate of drug-likeness (QED) is 0.0584. The Morgan fingerprint density at radius 1 is 0.912 bits per heavy atom. The molecule has 0 radical (unpaired) electrons. The van der Waals surface area contributed by atoms with Gasteiger partial charge in [0.25, 0.3) is 0 Å². The Balaban J connectivity index is 5.05. The van der Waals surface area contributed by atoms with Gasteiger partial charge in [0, 0.05) is 13.0 Å². The van der Waals surface area contributed by atoms with E-state index in [1.165, 1.54) is 18.7 Å². The number of rotatable bonds is 17. The van der Waals surface area contributed by atoms with Gasteiger partial charge in [-0.25, -0.2) is 4.79 Å². The molecule has 4 atom stereocenters. The summed E-state index contributed by atoms with van der Waals surface area (Å²) in [5.41, 5.74) is 16.3. The van der Waals surface area contributed by atoms with Crippen LogP contribution in [0.2, 0.25) is 0 Å². The minimum Gasteiger partial charge on any atom is -0.481 e. The average Bonchev–Trinajstić information content (AvgIpc) is 2.75. The maximum atomic E-state index is 12.7. The summed E-state index contributed by atoms with van der Waals surface area (Å²) >= 11 is 1.42. The Labute approximate surface area is 201 Å². The van der Waals surface area contributed by atoms with Crippen molar-refractivity contribution in [1.82, 2.24) is 16.0 Å². The van der Waals surface area contributed by atoms with Crippen molar-refractivity contribution >= 4 is 47.4 Å². The molecule has 15 heteroatoms. The number of amides is 3. The first-order chi connectivity index (χ1) is 15.9. The number of carboxylic acids is 2. The molecule has 0 spiro atoms. The van der Waals surface area contributed by atoms with Gasteiger partial charge in [-0.3, -0.25) is 24.2 Å². The van der Waals surface area contributed by atoms with Crippen molar-refractivity contribution < 1.29 is 34.2 Å². The first-order valence-corrected chi connectivity index (χ1v) is 11.9. The molecular formula is C19H35N7O7S. The highest BCUT2D eigenvalue weighted by molar-refractivity contribution is 7.98. The van der Waals surface area contributed by atoms with E-state index in [0.29, 0.717) is 12.2 Å². The fraction of sp³-hybridized carbons (Fsp3) is 0.684. The van der Waals surface area contributed by atoms with E-state index in [1.54, 1.807) is 6.26 Å². The monoisotopic (exact) mass is 505 g/mol. The highest BCUT2D eigenvalue weighted by Crippen LogP contribution is 2.04. The van der Waals surface area contributed by atoms with Crippen LogP contribution in [0.3, 0.4) is 0 Å². The molecule has 0 aliphatic carbocycles. The Morgan fingerprint density at radius 3 is 2.06 bits per heavy atom. The van der Waals surface area contributed by atoms with Crippen molar-refractivity contribution in [2.75, 3.05) is 18.6 Å². The van der Waals surface area contributed by atoms with Crippen LogP contribution in [0.15, 0.2) is 4.99 Å². The van der Waals surface area contributed by atoms with E-state index in [-0.39, 0.29) is 31.8 Å². The minimum absolute atomic E-state index is 0.0967. The molecule has 0 aromatic carbocycles. The van der Waals surface area contributed by atoms with E-state index in [1.807, 2.05) is 0 Å². The number of guanidine groups is 1. The lowest BCUT2D eigenvalue weighted by Gasteiger charge is -2.23. The molecule has 4 unspecified atom stereocenters. The van der Waals surface area contributed by atoms with Gasteiger partial charge in [0.05, 0.1) is 6.04 Å². The number of carbonyl (C=O) groups excluding carboxylic acids is 3. The number of aliphatic carboxylic acids is 2. The van der Waals surface area contributed by atoms with Gasteiger partial charge >= 0.3 is 11.9 Å². The third-order valence-corrected chi connectivity index (χ3v) is 5.21. The molecule has 0 aromatic heterocycles. The van der Waals surface area contributed by atoms with E-state index in [2.05, 4.69) is 20.9 Å². The number of hydrogen-bond donors (Lipinski definition) is 8. The first-order valence-electron chi connectivity index (χ1n) is 10.5. The maximum Gasteiger partial charge on any atom is 0.326 e. The van der Waals surface area contributed by atoms with Crippen LogP contribution in [0.4, 0.5) is 0 Å². The van der Waals surface area contributed by atoms with Crippen molar-refractivity contribution in [2.24, 2.45) is 22.2 Å². The van der Waals surface area contributed by atoms with E-state index >= 15 is 0 Å². The second-order valence-corrected chi connectivity index (χ2v) is 8.45. The predicted molar refractivity (Wildman–Crippen MR) is 127 cm³/mol. The molecule has 34 heavy (non-hydrogen) atoms. The smallest absolute Gasteiger partial charge is 0.326 e. The van der Waals surface area contributed by atoms with E-state index < -0.39 is 60.2 Å². The minimum atomic E-state index is -1.27. The summed E-state index contributed by atoms with van der Waals surface area (Å²) < 4.78 is 0. The van der Waals surface area contributed by atoms with Gasteiger partial charge < -0.3 is 43.4 Å². The van der Waals surface area contributed by atoms with Gasteiger partial charge in [-0.1, -0.05) is 0 Å². The number of aliphatic imine (C=N–C) groups is 1. The molecule has 0 rings (SSSR count). The lowest BCUT2D eigenvalue weighted by Crippen LogP contribution is -2.56. The molecule has 0 saturated carbocycles. The fourth-order valence-electron chi connectivity index (χ4n) is 2.64. The lowest BCUT2D eigenvalue weighted by atomic mass is 10.1. The van der Waals surface area contributed by atoms with Gasteiger partial charge in [-0.2, -0.15) is 11.8 Å². The zero-order chi connectivity index (χ0) is 26.3. The van der Waals surface area contributed by atoms with Gasteiger partial charge in [0.2, 0.25) is 17.7 Å². The molecule has 11 N–H and O–H groups in total. The summed E-state index contributed by atoms with van der Waals surface area (Å²) in [6, 6.07) is -4.53. The molecule has 14 nitrogen and oxygen atoms in total. The van der Waals surface area contributed by atoms with Crippen LogP contribution >= 0.6 is 11.8 Å². The molecule has 3 amide bonds. The zero-order valence-corrected chi connectivity index (χ0v) is 20.1. The van der Waals surface area contributed by atoms with Crippen molar-refractivity contribution in [3.63, 3.8) is 0 Å². The highest BCUT2D eigenvalue weighted by atomic mass is 32.2. The van der Waals surface area contributed by atoms with E-state index in [9.17, 15) is 29.1 Å². The van der Waals surface area contributed by atoms with Crippen LogP contribution in [0.1, 0.15) is 39.0 Å². The van der Waals surface area contributed by atoms with E-state index in [0.717, 1.165) is 0 Å². The Bertz CT molecular complexity index is 747. The van der Waals surface area contributed by atoms with Crippen molar-refractivity contribution in [3.8, 4) is 0 Å². The first kappa shape index (κ1) is 30.9. The van der Waals surface area contributed by atoms with Crippen LogP contribution in [0, 0.1) is 0 Å². The van der Waals surface area contributed by atoms with Crippen molar-refractivity contribution in [1.29, 1.82) is 0 Å². The largest absolute Gasteiger partial charge is 0.481 e. The summed E-state index contributed by atoms with van der Waals surface area (Å²) in [6.45, 7) is 1.60. The normalized spacial score (nSPS) is 14.1. The summed E-state index contributed by atoms with van der Waals surface area (Å²) in [4.78, 5) is 63.4. The molecule has 0 fully saturated rings. The van der Waals surface area contributed by atoms with Crippen molar-refractivity contribution in [3.05, 3.63) is 0 Å². The standard InChI is InChI=1S/C19H35N7O7S/c1-10(15(29)26-13(18(32)33)7-9-34-2)24-17(31)12(5-6-14(27)28)25-16(30)11(20)4-3-8-23-19(21)22/h10-13H,3-9,20H2,1-2H3,(H,24,31)(H,25,30)(H,26,29)(H,27,28)(H,32,33)(H4,21,22,23). The zero-order valence-electron chi connectivity index (χ0n) is 19.3. The SMILES string of the molecule is CSCCC(NC(=O)C(C)NC(=O)C(CCC(=O)O)NC(=O)C(N)CCCN=C(N)N)C(=O)O. The van der Waals surface area contributed by atoms with Crippen molar-refractivity contribution in [2.45, 2.75) is 63.2 Å². The second kappa shape index (κ2) is 16.5. The van der Waals surface area contributed by atoms with Gasteiger partial charge in [0.1, 0.15) is 18.1 Å². The molecule has 0 aromatic rings. The number of thioether (sulfide) groups is 1. The predicted octanol–water partition coefficient (Wildman–Crippen LogP) is -2.46. The number of nitrogens with one attached hydrogen (secondary N) is 3. The second-order valence-electron chi connectivity index (χ2n) is 7.46. The average molecular weight is 506 g/mol. The van der Waals surface area contributed by atoms with Gasteiger partial charge in [0.15, 0.2) is 5.96 Å². The summed E-state index contributed by atoms with van der Waals surface area (Å²) in [6.07, 6.45) is 1.94. The topological polar surface area (TPSA) is 252 Å². The van der Waals surface area contributed by atoms with E-state index in [4.69, 9.17) is 22.3 Å². The number of carboxylic acid groups (broad SMARTS) is 2. The number of hydrogen-bond acceptors (Lipinski definition) is 8. The fourth-order valence-corrected chi connectivity index (χ4v) is 3.11.